The van der Waals surface area contributed by atoms with Crippen LogP contribution in [-0.4, -0.2) is 83.6 Å². The number of carboxylic acids is 1. The number of nitrogens with zero attached hydrogens (tertiary/aromatic N) is 1. The van der Waals surface area contributed by atoms with Gasteiger partial charge < -0.3 is 5.11 Å². The van der Waals surface area contributed by atoms with Gasteiger partial charge in [0.15, 0.2) is 5.54 Å². The van der Waals surface area contributed by atoms with Gasteiger partial charge in [-0.2, -0.15) is 0 Å². The Hall–Kier alpha value is 0.986. The summed E-state index contributed by atoms with van der Waals surface area (Å²) in [5, 5.41) is 25.1. The van der Waals surface area contributed by atoms with Crippen molar-refractivity contribution in [1.29, 1.82) is 0 Å². The quantitative estimate of drug-likeness (QED) is 0.427. The van der Waals surface area contributed by atoms with E-state index in [1.54, 1.807) is 6.92 Å². The van der Waals surface area contributed by atoms with Gasteiger partial charge in [0.2, 0.25) is 0 Å². The van der Waals surface area contributed by atoms with Crippen LogP contribution in [0.1, 0.15) is 20.3 Å². The molecule has 0 aliphatic carbocycles. The second-order valence-corrected chi connectivity index (χ2v) is 2.22. The van der Waals surface area contributed by atoms with Crippen molar-refractivity contribution in [2.75, 3.05) is 0 Å². The van der Waals surface area contributed by atoms with Gasteiger partial charge in [-0.3, -0.25) is 15.2 Å². The fourth-order valence-electron chi connectivity index (χ4n) is 0.378. The molecule has 0 bridgehead atoms. The van der Waals surface area contributed by atoms with E-state index < -0.39 is 11.5 Å². The van der Waals surface area contributed by atoms with E-state index >= 15 is 0 Å². The Kier molecular flexibility index (Phi) is 7.39. The Morgan fingerprint density at radius 1 is 1.55 bits per heavy atom. The first kappa shape index (κ1) is 14.5. The Balaban J connectivity index is 0. The van der Waals surface area contributed by atoms with E-state index in [4.69, 9.17) is 15.5 Å². The molecule has 5 nitrogen and oxygen atoms in total. The minimum atomic E-state index is -1.60. The van der Waals surface area contributed by atoms with Crippen LogP contribution in [0.5, 0.6) is 0 Å². The Morgan fingerprint density at radius 2 is 1.91 bits per heavy atom. The topological polar surface area (TPSA) is 81.0 Å². The van der Waals surface area contributed by atoms with Crippen molar-refractivity contribution in [1.82, 2.24) is 5.23 Å². The van der Waals surface area contributed by atoms with Gasteiger partial charge in [-0.1, -0.05) is 12.2 Å². The molecule has 0 aromatic heterocycles. The maximum Gasteiger partial charge on any atom is 0.328 e. The molecule has 0 aliphatic rings. The zero-order chi connectivity index (χ0) is 8.36. The average molecular weight is 188 g/mol. The smallest absolute Gasteiger partial charge is 0.328 e. The fourth-order valence-corrected chi connectivity index (χ4v) is 0.378. The first-order valence-corrected chi connectivity index (χ1v) is 2.86. The van der Waals surface area contributed by atoms with Crippen LogP contribution in [0, 0.1) is 0 Å². The fraction of sp³-hybridized carbons (Fsp3) is 0.800. The van der Waals surface area contributed by atoms with Crippen molar-refractivity contribution >= 4 is 57.4 Å². The monoisotopic (exact) mass is 188 g/mol. The number of rotatable bonds is 3. The van der Waals surface area contributed by atoms with Crippen LogP contribution in [0.15, 0.2) is 0 Å². The molecule has 3 N–H and O–H groups in total. The van der Waals surface area contributed by atoms with Crippen LogP contribution in [-0.2, 0) is 4.79 Å². The van der Waals surface area contributed by atoms with E-state index in [0.29, 0.717) is 0 Å². The van der Waals surface area contributed by atoms with Crippen LogP contribution in [0.25, 0.3) is 0 Å². The summed E-state index contributed by atoms with van der Waals surface area (Å²) < 4.78 is 0. The Bertz CT molecular complexity index is 140. The van der Waals surface area contributed by atoms with Crippen molar-refractivity contribution in [3.63, 3.8) is 0 Å². The number of carbonyl (C=O) groups is 1. The van der Waals surface area contributed by atoms with E-state index in [1.165, 1.54) is 6.92 Å². The third-order valence-corrected chi connectivity index (χ3v) is 1.59. The van der Waals surface area contributed by atoms with Gasteiger partial charge in [0.25, 0.3) is 0 Å². The van der Waals surface area contributed by atoms with Gasteiger partial charge in [0, 0.05) is 51.4 Å². The number of aliphatic carboxylic acids is 1. The molecule has 0 aromatic carbocycles. The molecular weight excluding hydrogens is 177 g/mol. The Labute approximate surface area is 107 Å². The van der Waals surface area contributed by atoms with E-state index in [0.717, 1.165) is 0 Å². The van der Waals surface area contributed by atoms with Gasteiger partial charge >= 0.3 is 5.97 Å². The zero-order valence-corrected chi connectivity index (χ0v) is 10.0. The minimum Gasteiger partial charge on any atom is -0.480 e. The number of carboxylic acid groups (broad SMARTS) is 1. The summed E-state index contributed by atoms with van der Waals surface area (Å²) in [6.45, 7) is 2.77. The summed E-state index contributed by atoms with van der Waals surface area (Å²) in [5.74, 6) is -1.26. The molecule has 11 heavy (non-hydrogen) atoms. The molecule has 1 atom stereocenters. The largest absolute Gasteiger partial charge is 0.480 e. The van der Waals surface area contributed by atoms with Crippen molar-refractivity contribution in [3.05, 3.63) is 0 Å². The standard InChI is InChI=1S/C5H11NO4.K/c1-3-5(2,4(7)8)6(9)10;/h9-10H,3H2,1-2H3,(H,7,8);. The van der Waals surface area contributed by atoms with Crippen LogP contribution in [0.3, 0.4) is 0 Å². The van der Waals surface area contributed by atoms with Crippen LogP contribution in [0.2, 0.25) is 0 Å². The molecule has 0 saturated carbocycles. The summed E-state index contributed by atoms with van der Waals surface area (Å²) in [4.78, 5) is 10.3. The summed E-state index contributed by atoms with van der Waals surface area (Å²) in [5.41, 5.74) is -1.60. The number of hydrogen-bond acceptors (Lipinski definition) is 4. The second-order valence-electron chi connectivity index (χ2n) is 2.22. The first-order chi connectivity index (χ1) is 4.45. The normalized spacial score (nSPS) is 15.4. The van der Waals surface area contributed by atoms with Crippen molar-refractivity contribution in [3.8, 4) is 0 Å². The molecular formula is C5H11KNO4. The average Bonchev–Trinajstić information content (AvgIpc) is 1.85. The van der Waals surface area contributed by atoms with Crippen LogP contribution in [0.4, 0.5) is 0 Å². The molecule has 0 aromatic rings. The van der Waals surface area contributed by atoms with E-state index in [-0.39, 0.29) is 63.0 Å². The predicted molar refractivity (Wildman–Crippen MR) is 37.5 cm³/mol. The van der Waals surface area contributed by atoms with Crippen molar-refractivity contribution < 1.29 is 20.3 Å². The molecule has 1 unspecified atom stereocenters. The van der Waals surface area contributed by atoms with E-state index in [2.05, 4.69) is 0 Å². The summed E-state index contributed by atoms with van der Waals surface area (Å²) >= 11 is 0. The van der Waals surface area contributed by atoms with Gasteiger partial charge in [-0.15, -0.1) is 0 Å². The predicted octanol–water partition coefficient (Wildman–Crippen LogP) is -0.0607. The summed E-state index contributed by atoms with van der Waals surface area (Å²) in [6.07, 6.45) is 0.120. The SMILES string of the molecule is CCC(C)(C(=O)O)N(O)O.[K]. The molecule has 0 saturated heterocycles. The van der Waals surface area contributed by atoms with E-state index in [9.17, 15) is 4.79 Å². The number of hydrogen-bond donors (Lipinski definition) is 3. The minimum absolute atomic E-state index is 0. The molecule has 0 aliphatic heterocycles. The van der Waals surface area contributed by atoms with Crippen molar-refractivity contribution in [2.24, 2.45) is 0 Å². The van der Waals surface area contributed by atoms with Gasteiger partial charge in [-0.05, 0) is 13.3 Å². The molecule has 0 spiro atoms. The third-order valence-electron chi connectivity index (χ3n) is 1.59. The summed E-state index contributed by atoms with van der Waals surface area (Å²) in [7, 11) is 0. The van der Waals surface area contributed by atoms with Crippen LogP contribution < -0.4 is 0 Å². The third kappa shape index (κ3) is 3.47. The molecule has 6 heteroatoms. The zero-order valence-electron chi connectivity index (χ0n) is 6.90. The van der Waals surface area contributed by atoms with Gasteiger partial charge in [-0.25, -0.2) is 0 Å². The summed E-state index contributed by atoms with van der Waals surface area (Å²) in [6, 6.07) is 0. The maximum atomic E-state index is 10.3. The molecule has 0 amide bonds. The number of hydroxylamine groups is 2. The second kappa shape index (κ2) is 5.60. The Morgan fingerprint density at radius 3 is 1.91 bits per heavy atom. The first-order valence-electron chi connectivity index (χ1n) is 2.86. The molecule has 61 valence electrons. The maximum absolute atomic E-state index is 10.3. The van der Waals surface area contributed by atoms with Gasteiger partial charge in [0.1, 0.15) is 0 Å². The van der Waals surface area contributed by atoms with E-state index in [1.807, 2.05) is 0 Å². The molecule has 0 fully saturated rings. The molecule has 0 rings (SSSR count). The van der Waals surface area contributed by atoms with Crippen molar-refractivity contribution in [2.45, 2.75) is 25.8 Å². The molecule has 0 heterocycles. The van der Waals surface area contributed by atoms with Gasteiger partial charge in [0.05, 0.1) is 0 Å². The molecule has 1 radical (unpaired) electrons. The van der Waals surface area contributed by atoms with Crippen LogP contribution >= 0.6 is 0 Å².